The van der Waals surface area contributed by atoms with Crippen LogP contribution in [0.1, 0.15) is 57.6 Å². The molecule has 0 aliphatic heterocycles. The first-order chi connectivity index (χ1) is 9.72. The van der Waals surface area contributed by atoms with E-state index in [2.05, 4.69) is 32.9 Å². The molecule has 2 nitrogen and oxygen atoms in total. The maximum absolute atomic E-state index is 6.08. The van der Waals surface area contributed by atoms with Gasteiger partial charge in [-0.3, -0.25) is 0 Å². The first-order valence-corrected chi connectivity index (χ1v) is 9.70. The van der Waals surface area contributed by atoms with Crippen LogP contribution in [0.25, 0.3) is 0 Å². The molecule has 20 heavy (non-hydrogen) atoms. The molecule has 0 heterocycles. The Morgan fingerprint density at radius 2 is 1.50 bits per heavy atom. The summed E-state index contributed by atoms with van der Waals surface area (Å²) in [6.45, 7) is 8.10. The average Bonchev–Trinajstić information content (AvgIpc) is 2.47. The Morgan fingerprint density at radius 3 is 1.95 bits per heavy atom. The summed E-state index contributed by atoms with van der Waals surface area (Å²) in [5, 5.41) is 0.783. The lowest BCUT2D eigenvalue weighted by atomic mass is 10.1. The second-order valence-electron chi connectivity index (χ2n) is 5.06. The van der Waals surface area contributed by atoms with Gasteiger partial charge in [0.1, 0.15) is 0 Å². The van der Waals surface area contributed by atoms with Crippen molar-refractivity contribution < 1.29 is 8.85 Å². The number of hydrogen-bond donors (Lipinski definition) is 0. The van der Waals surface area contributed by atoms with E-state index in [1.165, 1.54) is 5.56 Å². The van der Waals surface area contributed by atoms with Gasteiger partial charge in [0.15, 0.2) is 0 Å². The summed E-state index contributed by atoms with van der Waals surface area (Å²) in [5.74, 6) is 0. The monoisotopic (exact) mass is 314 g/mol. The van der Waals surface area contributed by atoms with Crippen molar-refractivity contribution in [3.63, 3.8) is 0 Å². The van der Waals surface area contributed by atoms with Gasteiger partial charge in [0.25, 0.3) is 0 Å². The molecule has 0 radical (unpaired) electrons. The van der Waals surface area contributed by atoms with Gasteiger partial charge in [0.05, 0.1) is 0 Å². The Bertz CT molecular complexity index is 348. The molecule has 114 valence electrons. The lowest BCUT2D eigenvalue weighted by Crippen LogP contribution is -2.32. The summed E-state index contributed by atoms with van der Waals surface area (Å²) in [4.78, 5) is 0. The van der Waals surface area contributed by atoms with Crippen molar-refractivity contribution in [3.8, 4) is 0 Å². The van der Waals surface area contributed by atoms with Crippen LogP contribution in [0.4, 0.5) is 0 Å². The van der Waals surface area contributed by atoms with Crippen molar-refractivity contribution in [2.45, 2.75) is 52.0 Å². The largest absolute Gasteiger partial charge is 0.396 e. The van der Waals surface area contributed by atoms with E-state index >= 15 is 0 Å². The molecule has 1 aromatic carbocycles. The zero-order valence-electron chi connectivity index (χ0n) is 12.9. The number of hydrogen-bond acceptors (Lipinski definition) is 2. The third kappa shape index (κ3) is 5.96. The summed E-state index contributed by atoms with van der Waals surface area (Å²) >= 11 is 5.99. The molecule has 0 aromatic heterocycles. The zero-order chi connectivity index (χ0) is 14.8. The van der Waals surface area contributed by atoms with E-state index in [9.17, 15) is 0 Å². The van der Waals surface area contributed by atoms with Crippen LogP contribution in [0, 0.1) is 0 Å². The molecule has 4 heteroatoms. The fourth-order valence-electron chi connectivity index (χ4n) is 2.23. The third-order valence-electron chi connectivity index (χ3n) is 3.20. The van der Waals surface area contributed by atoms with E-state index in [4.69, 9.17) is 20.5 Å². The highest BCUT2D eigenvalue weighted by atomic mass is 35.5. The van der Waals surface area contributed by atoms with Gasteiger partial charge < -0.3 is 8.85 Å². The maximum atomic E-state index is 6.08. The van der Waals surface area contributed by atoms with E-state index in [1.807, 2.05) is 12.1 Å². The van der Waals surface area contributed by atoms with Crippen LogP contribution in [0.5, 0.6) is 0 Å². The molecule has 0 saturated carbocycles. The molecule has 0 spiro atoms. The number of halogens is 1. The second-order valence-corrected chi connectivity index (χ2v) is 7.70. The van der Waals surface area contributed by atoms with Gasteiger partial charge >= 0.3 is 9.28 Å². The Morgan fingerprint density at radius 1 is 0.950 bits per heavy atom. The van der Waals surface area contributed by atoms with Crippen LogP contribution in [0.15, 0.2) is 24.3 Å². The summed E-state index contributed by atoms with van der Waals surface area (Å²) in [7, 11) is -1.69. The highest BCUT2D eigenvalue weighted by Gasteiger charge is 2.27. The summed E-state index contributed by atoms with van der Waals surface area (Å²) < 4.78 is 12.2. The molecular weight excluding hydrogens is 288 g/mol. The summed E-state index contributed by atoms with van der Waals surface area (Å²) in [5.41, 5.74) is 1.72. The normalized spacial score (nSPS) is 12.8. The fraction of sp³-hybridized carbons (Fsp3) is 0.625. The van der Waals surface area contributed by atoms with Crippen LogP contribution in [0.2, 0.25) is 5.02 Å². The molecule has 0 N–H and O–H groups in total. The first kappa shape index (κ1) is 17.7. The van der Waals surface area contributed by atoms with Crippen molar-refractivity contribution >= 4 is 20.9 Å². The van der Waals surface area contributed by atoms with Crippen molar-refractivity contribution in [3.05, 3.63) is 34.9 Å². The average molecular weight is 315 g/mol. The van der Waals surface area contributed by atoms with Crippen LogP contribution >= 0.6 is 11.6 Å². The Balaban J connectivity index is 2.84. The van der Waals surface area contributed by atoms with E-state index in [0.717, 1.165) is 43.9 Å². The van der Waals surface area contributed by atoms with Crippen LogP contribution in [-0.4, -0.2) is 22.5 Å². The van der Waals surface area contributed by atoms with Gasteiger partial charge in [-0.05, 0) is 37.0 Å². The number of benzene rings is 1. The SMILES string of the molecule is CCCO[SiH](OCCC)C(CCC)c1ccc(Cl)cc1. The lowest BCUT2D eigenvalue weighted by molar-refractivity contribution is 0.187. The molecule has 0 aliphatic rings. The highest BCUT2D eigenvalue weighted by molar-refractivity contribution is 6.46. The van der Waals surface area contributed by atoms with Crippen LogP contribution < -0.4 is 0 Å². The Hall–Kier alpha value is -0.353. The van der Waals surface area contributed by atoms with Gasteiger partial charge in [0, 0.05) is 23.8 Å². The van der Waals surface area contributed by atoms with Gasteiger partial charge in [-0.2, -0.15) is 0 Å². The van der Waals surface area contributed by atoms with E-state index in [1.54, 1.807) is 0 Å². The van der Waals surface area contributed by atoms with Crippen molar-refractivity contribution in [1.82, 2.24) is 0 Å². The fourth-order valence-corrected chi connectivity index (χ4v) is 4.99. The topological polar surface area (TPSA) is 18.5 Å². The molecule has 0 aliphatic carbocycles. The summed E-state index contributed by atoms with van der Waals surface area (Å²) in [6, 6.07) is 8.16. The van der Waals surface area contributed by atoms with Crippen LogP contribution in [0.3, 0.4) is 0 Å². The quantitative estimate of drug-likeness (QED) is 0.575. The number of rotatable bonds is 10. The van der Waals surface area contributed by atoms with Gasteiger partial charge in [0.2, 0.25) is 0 Å². The van der Waals surface area contributed by atoms with Gasteiger partial charge in [-0.25, -0.2) is 0 Å². The van der Waals surface area contributed by atoms with Crippen LogP contribution in [-0.2, 0) is 8.85 Å². The predicted molar refractivity (Wildman–Crippen MR) is 88.7 cm³/mol. The minimum Gasteiger partial charge on any atom is -0.396 e. The summed E-state index contributed by atoms with van der Waals surface area (Å²) in [6.07, 6.45) is 4.34. The molecule has 1 aromatic rings. The standard InChI is InChI=1S/C16H27ClO2Si/c1-4-7-16(14-8-10-15(17)11-9-14)20(18-12-5-2)19-13-6-3/h8-11,16,20H,4-7,12-13H2,1-3H3. The van der Waals surface area contributed by atoms with E-state index in [0.29, 0.717) is 5.54 Å². The molecule has 0 amide bonds. The minimum atomic E-state index is -1.69. The van der Waals surface area contributed by atoms with Gasteiger partial charge in [-0.1, -0.05) is 50.9 Å². The van der Waals surface area contributed by atoms with E-state index < -0.39 is 9.28 Å². The second kappa shape index (κ2) is 10.4. The molecule has 1 rings (SSSR count). The minimum absolute atomic E-state index is 0.412. The van der Waals surface area contributed by atoms with Crippen molar-refractivity contribution in [2.75, 3.05) is 13.2 Å². The maximum Gasteiger partial charge on any atom is 0.329 e. The molecule has 0 fully saturated rings. The molecule has 0 saturated heterocycles. The molecule has 1 unspecified atom stereocenters. The lowest BCUT2D eigenvalue weighted by Gasteiger charge is -2.25. The molecule has 1 atom stereocenters. The molecule has 0 bridgehead atoms. The smallest absolute Gasteiger partial charge is 0.329 e. The zero-order valence-corrected chi connectivity index (χ0v) is 14.8. The highest BCUT2D eigenvalue weighted by Crippen LogP contribution is 2.27. The van der Waals surface area contributed by atoms with Crippen molar-refractivity contribution in [1.29, 1.82) is 0 Å². The third-order valence-corrected chi connectivity index (χ3v) is 5.95. The Labute approximate surface area is 130 Å². The van der Waals surface area contributed by atoms with Crippen molar-refractivity contribution in [2.24, 2.45) is 0 Å². The Kier molecular flexibility index (Phi) is 9.19. The predicted octanol–water partition coefficient (Wildman–Crippen LogP) is 4.84. The first-order valence-electron chi connectivity index (χ1n) is 7.71. The van der Waals surface area contributed by atoms with Gasteiger partial charge in [-0.15, -0.1) is 0 Å². The molecular formula is C16H27ClO2Si. The van der Waals surface area contributed by atoms with E-state index in [-0.39, 0.29) is 0 Å².